The maximum absolute atomic E-state index is 6.17. The summed E-state index contributed by atoms with van der Waals surface area (Å²) in [5, 5.41) is 0. The van der Waals surface area contributed by atoms with Crippen molar-refractivity contribution in [2.24, 2.45) is 23.5 Å². The third-order valence-corrected chi connectivity index (χ3v) is 4.87. The van der Waals surface area contributed by atoms with Gasteiger partial charge in [-0.1, -0.05) is 33.6 Å². The highest BCUT2D eigenvalue weighted by atomic mass is 15.2. The molecule has 17 heavy (non-hydrogen) atoms. The molecule has 0 aromatic heterocycles. The lowest BCUT2D eigenvalue weighted by Gasteiger charge is -2.43. The Balaban J connectivity index is 1.92. The molecular weight excluding hydrogens is 208 g/mol. The van der Waals surface area contributed by atoms with Gasteiger partial charge in [-0.2, -0.15) is 0 Å². The van der Waals surface area contributed by atoms with Crippen LogP contribution in [-0.2, 0) is 0 Å². The van der Waals surface area contributed by atoms with Gasteiger partial charge in [-0.3, -0.25) is 4.90 Å². The Labute approximate surface area is 107 Å². The first-order chi connectivity index (χ1) is 8.06. The minimum atomic E-state index is 0.415. The number of nitrogens with two attached hydrogens (primary N) is 1. The lowest BCUT2D eigenvalue weighted by atomic mass is 9.78. The molecule has 1 aliphatic heterocycles. The Bertz CT molecular complexity index is 229. The third-order valence-electron chi connectivity index (χ3n) is 4.87. The second kappa shape index (κ2) is 5.71. The summed E-state index contributed by atoms with van der Waals surface area (Å²) >= 11 is 0. The van der Waals surface area contributed by atoms with Crippen molar-refractivity contribution in [2.45, 2.75) is 65.0 Å². The maximum Gasteiger partial charge on any atom is 0.0170 e. The summed E-state index contributed by atoms with van der Waals surface area (Å²) in [6.45, 7) is 9.55. The fourth-order valence-electron chi connectivity index (χ4n) is 3.88. The van der Waals surface area contributed by atoms with Crippen molar-refractivity contribution in [3.05, 3.63) is 0 Å². The highest BCUT2D eigenvalue weighted by Crippen LogP contribution is 2.33. The van der Waals surface area contributed by atoms with Crippen LogP contribution in [0.2, 0.25) is 0 Å². The number of rotatable bonds is 2. The maximum atomic E-state index is 6.17. The molecule has 1 saturated heterocycles. The van der Waals surface area contributed by atoms with Crippen molar-refractivity contribution < 1.29 is 0 Å². The number of hydrogen-bond acceptors (Lipinski definition) is 2. The molecule has 4 unspecified atom stereocenters. The van der Waals surface area contributed by atoms with E-state index in [2.05, 4.69) is 25.7 Å². The van der Waals surface area contributed by atoms with Gasteiger partial charge in [0.2, 0.25) is 0 Å². The largest absolute Gasteiger partial charge is 0.327 e. The summed E-state index contributed by atoms with van der Waals surface area (Å²) in [6.07, 6.45) is 6.91. The van der Waals surface area contributed by atoms with E-state index in [1.54, 1.807) is 0 Å². The van der Waals surface area contributed by atoms with Crippen LogP contribution in [0.1, 0.15) is 52.9 Å². The standard InChI is InChI=1S/C15H30N2/c1-11(2)13-5-4-6-15(8-13)17-9-12(3)7-14(16)10-17/h11-15H,4-10,16H2,1-3H3. The second-order valence-corrected chi connectivity index (χ2v) is 6.88. The molecule has 100 valence electrons. The van der Waals surface area contributed by atoms with Crippen molar-refractivity contribution in [3.63, 3.8) is 0 Å². The monoisotopic (exact) mass is 238 g/mol. The van der Waals surface area contributed by atoms with Crippen LogP contribution in [0.25, 0.3) is 0 Å². The normalized spacial score (nSPS) is 40.8. The molecule has 0 aromatic rings. The lowest BCUT2D eigenvalue weighted by molar-refractivity contribution is 0.0684. The molecule has 2 nitrogen and oxygen atoms in total. The molecular formula is C15H30N2. The smallest absolute Gasteiger partial charge is 0.0170 e. The first-order valence-electron chi connectivity index (χ1n) is 7.56. The molecule has 1 heterocycles. The fraction of sp³-hybridized carbons (Fsp3) is 1.00. The van der Waals surface area contributed by atoms with Gasteiger partial charge in [-0.05, 0) is 37.0 Å². The Morgan fingerprint density at radius 2 is 1.88 bits per heavy atom. The molecule has 0 aromatic carbocycles. The minimum absolute atomic E-state index is 0.415. The average Bonchev–Trinajstić information content (AvgIpc) is 2.28. The van der Waals surface area contributed by atoms with Gasteiger partial charge in [0.15, 0.2) is 0 Å². The van der Waals surface area contributed by atoms with Gasteiger partial charge in [-0.25, -0.2) is 0 Å². The third kappa shape index (κ3) is 3.45. The van der Waals surface area contributed by atoms with Crippen LogP contribution < -0.4 is 5.73 Å². The Morgan fingerprint density at radius 3 is 2.53 bits per heavy atom. The summed E-state index contributed by atoms with van der Waals surface area (Å²) in [5.74, 6) is 2.59. The molecule has 0 radical (unpaired) electrons. The highest BCUT2D eigenvalue weighted by molar-refractivity contribution is 4.87. The molecule has 2 aliphatic rings. The zero-order valence-electron chi connectivity index (χ0n) is 11.9. The molecule has 0 spiro atoms. The van der Waals surface area contributed by atoms with E-state index < -0.39 is 0 Å². The van der Waals surface area contributed by atoms with Crippen LogP contribution in [0.15, 0.2) is 0 Å². The van der Waals surface area contributed by atoms with E-state index in [4.69, 9.17) is 5.73 Å². The number of piperidine rings is 1. The van der Waals surface area contributed by atoms with Gasteiger partial charge in [0.05, 0.1) is 0 Å². The molecule has 0 bridgehead atoms. The molecule has 2 N–H and O–H groups in total. The summed E-state index contributed by atoms with van der Waals surface area (Å²) in [5.41, 5.74) is 6.17. The Kier molecular flexibility index (Phi) is 4.48. The number of likely N-dealkylation sites (tertiary alicyclic amines) is 1. The molecule has 2 heteroatoms. The zero-order valence-corrected chi connectivity index (χ0v) is 11.9. The zero-order chi connectivity index (χ0) is 12.4. The van der Waals surface area contributed by atoms with Gasteiger partial charge < -0.3 is 5.73 Å². The van der Waals surface area contributed by atoms with Crippen molar-refractivity contribution in [2.75, 3.05) is 13.1 Å². The van der Waals surface area contributed by atoms with Crippen LogP contribution in [0.5, 0.6) is 0 Å². The lowest BCUT2D eigenvalue weighted by Crippen LogP contribution is -2.51. The molecule has 1 aliphatic carbocycles. The average molecular weight is 238 g/mol. The predicted molar refractivity (Wildman–Crippen MR) is 73.9 cm³/mol. The van der Waals surface area contributed by atoms with E-state index in [-0.39, 0.29) is 0 Å². The van der Waals surface area contributed by atoms with Gasteiger partial charge >= 0.3 is 0 Å². The van der Waals surface area contributed by atoms with Crippen LogP contribution >= 0.6 is 0 Å². The number of nitrogens with zero attached hydrogens (tertiary/aromatic N) is 1. The Hall–Kier alpha value is -0.0800. The molecule has 2 rings (SSSR count). The van der Waals surface area contributed by atoms with E-state index in [0.717, 1.165) is 30.3 Å². The predicted octanol–water partition coefficient (Wildman–Crippen LogP) is 2.87. The van der Waals surface area contributed by atoms with Crippen molar-refractivity contribution in [1.29, 1.82) is 0 Å². The first kappa shape index (κ1) is 13.4. The minimum Gasteiger partial charge on any atom is -0.327 e. The van der Waals surface area contributed by atoms with E-state index >= 15 is 0 Å². The quantitative estimate of drug-likeness (QED) is 0.801. The highest BCUT2D eigenvalue weighted by Gasteiger charge is 2.32. The summed E-state index contributed by atoms with van der Waals surface area (Å²) < 4.78 is 0. The van der Waals surface area contributed by atoms with Gasteiger partial charge in [-0.15, -0.1) is 0 Å². The molecule has 0 amide bonds. The van der Waals surface area contributed by atoms with Crippen LogP contribution in [-0.4, -0.2) is 30.1 Å². The van der Waals surface area contributed by atoms with Crippen molar-refractivity contribution in [1.82, 2.24) is 4.90 Å². The van der Waals surface area contributed by atoms with E-state index in [1.807, 2.05) is 0 Å². The summed E-state index contributed by atoms with van der Waals surface area (Å²) in [7, 11) is 0. The Morgan fingerprint density at radius 1 is 1.12 bits per heavy atom. The van der Waals surface area contributed by atoms with Crippen LogP contribution in [0.4, 0.5) is 0 Å². The van der Waals surface area contributed by atoms with Crippen LogP contribution in [0, 0.1) is 17.8 Å². The van der Waals surface area contributed by atoms with Gasteiger partial charge in [0, 0.05) is 25.2 Å². The van der Waals surface area contributed by atoms with Crippen molar-refractivity contribution in [3.8, 4) is 0 Å². The van der Waals surface area contributed by atoms with Gasteiger partial charge in [0.25, 0.3) is 0 Å². The van der Waals surface area contributed by atoms with Crippen molar-refractivity contribution >= 4 is 0 Å². The second-order valence-electron chi connectivity index (χ2n) is 6.88. The van der Waals surface area contributed by atoms with E-state index in [0.29, 0.717) is 6.04 Å². The van der Waals surface area contributed by atoms with Crippen LogP contribution in [0.3, 0.4) is 0 Å². The molecule has 2 fully saturated rings. The molecule has 4 atom stereocenters. The molecule has 1 saturated carbocycles. The SMILES string of the molecule is CC1CC(N)CN(C2CCCC(C(C)C)C2)C1. The summed E-state index contributed by atoms with van der Waals surface area (Å²) in [4.78, 5) is 2.70. The number of hydrogen-bond donors (Lipinski definition) is 1. The van der Waals surface area contributed by atoms with E-state index in [1.165, 1.54) is 38.6 Å². The van der Waals surface area contributed by atoms with E-state index in [9.17, 15) is 0 Å². The van der Waals surface area contributed by atoms with Gasteiger partial charge in [0.1, 0.15) is 0 Å². The summed E-state index contributed by atoms with van der Waals surface area (Å²) in [6, 6.07) is 1.24. The fourth-order valence-corrected chi connectivity index (χ4v) is 3.88. The topological polar surface area (TPSA) is 29.3 Å². The first-order valence-corrected chi connectivity index (χ1v) is 7.56.